The molecule has 1 aliphatic rings. The highest BCUT2D eigenvalue weighted by Gasteiger charge is 2.28. The summed E-state index contributed by atoms with van der Waals surface area (Å²) in [6, 6.07) is -0.731. The number of thiazole rings is 3. The Labute approximate surface area is 203 Å². The summed E-state index contributed by atoms with van der Waals surface area (Å²) in [4.78, 5) is 51.8. The molecule has 0 fully saturated rings. The number of fused-ring (bicyclic) bond motifs is 6. The van der Waals surface area contributed by atoms with Crippen LogP contribution in [0.5, 0.6) is 0 Å². The lowest BCUT2D eigenvalue weighted by Gasteiger charge is -2.20. The highest BCUT2D eigenvalue weighted by molar-refractivity contribution is 7.10. The average Bonchev–Trinajstić information content (AvgIpc) is 3.53. The largest absolute Gasteiger partial charge is 0.344 e. The summed E-state index contributed by atoms with van der Waals surface area (Å²) in [7, 11) is 0. The molecular weight excluding hydrogens is 480 g/mol. The van der Waals surface area contributed by atoms with E-state index in [-0.39, 0.29) is 65.3 Å². The van der Waals surface area contributed by atoms with E-state index in [2.05, 4.69) is 30.9 Å². The van der Waals surface area contributed by atoms with Gasteiger partial charge in [0.1, 0.15) is 32.1 Å². The first-order valence-electron chi connectivity index (χ1n) is 10.5. The van der Waals surface area contributed by atoms with Gasteiger partial charge in [0.25, 0.3) is 17.7 Å². The second-order valence-corrected chi connectivity index (χ2v) is 11.1. The van der Waals surface area contributed by atoms with Gasteiger partial charge in [0.2, 0.25) is 0 Å². The minimum atomic E-state index is -0.366. The molecule has 0 aromatic carbocycles. The molecule has 3 aromatic heterocycles. The molecule has 9 nitrogen and oxygen atoms in total. The summed E-state index contributed by atoms with van der Waals surface area (Å²) in [6.07, 6.45) is 0. The van der Waals surface area contributed by atoms with E-state index >= 15 is 0 Å². The fourth-order valence-electron chi connectivity index (χ4n) is 3.27. The number of amides is 3. The van der Waals surface area contributed by atoms with Gasteiger partial charge in [-0.15, -0.1) is 34.0 Å². The van der Waals surface area contributed by atoms with Gasteiger partial charge in [-0.25, -0.2) is 15.0 Å². The maximum atomic E-state index is 13.0. The summed E-state index contributed by atoms with van der Waals surface area (Å²) in [5, 5.41) is 15.8. The monoisotopic (exact) mass is 504 g/mol. The lowest BCUT2D eigenvalue weighted by atomic mass is 10.0. The predicted octanol–water partition coefficient (Wildman–Crippen LogP) is 3.55. The standard InChI is InChI=1S/C21H24N6O3S3/c1-9(2)15-20-24-11(7-32-20)17(28)22-5-14-23-12(6-31-14)18(29)26-16(10(3)4)21-25-13(8-33-21)19(30)27-15/h6-10,15-16H,5H2,1-4H3,(H,22,28)(H,26,29)(H,27,30)/t15-,16-/m1/s1. The van der Waals surface area contributed by atoms with Crippen molar-refractivity contribution in [1.82, 2.24) is 30.9 Å². The quantitative estimate of drug-likeness (QED) is 0.490. The van der Waals surface area contributed by atoms with Crippen molar-refractivity contribution in [2.75, 3.05) is 0 Å². The third-order valence-corrected chi connectivity index (χ3v) is 7.84. The number of nitrogens with one attached hydrogen (secondary N) is 3. The third-order valence-electron chi connectivity index (χ3n) is 5.13. The Balaban J connectivity index is 1.72. The van der Waals surface area contributed by atoms with Crippen LogP contribution in [0.2, 0.25) is 0 Å². The fraction of sp³-hybridized carbons (Fsp3) is 0.429. The summed E-state index contributed by atoms with van der Waals surface area (Å²) in [5.41, 5.74) is 0.842. The van der Waals surface area contributed by atoms with Gasteiger partial charge < -0.3 is 16.0 Å². The number of hydrogen-bond acceptors (Lipinski definition) is 9. The van der Waals surface area contributed by atoms with Gasteiger partial charge >= 0.3 is 0 Å². The molecule has 6 bridgehead atoms. The van der Waals surface area contributed by atoms with Crippen molar-refractivity contribution in [2.45, 2.75) is 46.3 Å². The molecule has 3 amide bonds. The van der Waals surface area contributed by atoms with Crippen LogP contribution in [0.3, 0.4) is 0 Å². The first-order chi connectivity index (χ1) is 15.7. The predicted molar refractivity (Wildman–Crippen MR) is 128 cm³/mol. The summed E-state index contributed by atoms with van der Waals surface area (Å²) >= 11 is 3.97. The maximum absolute atomic E-state index is 13.0. The van der Waals surface area contributed by atoms with Gasteiger partial charge in [0.05, 0.1) is 18.6 Å². The lowest BCUT2D eigenvalue weighted by molar-refractivity contribution is 0.0918. The van der Waals surface area contributed by atoms with E-state index in [4.69, 9.17) is 0 Å². The number of aromatic nitrogens is 3. The highest BCUT2D eigenvalue weighted by atomic mass is 32.1. The van der Waals surface area contributed by atoms with E-state index in [1.54, 1.807) is 16.1 Å². The summed E-state index contributed by atoms with van der Waals surface area (Å²) in [6.45, 7) is 8.12. The van der Waals surface area contributed by atoms with Crippen LogP contribution in [0, 0.1) is 11.8 Å². The van der Waals surface area contributed by atoms with Crippen molar-refractivity contribution in [3.8, 4) is 0 Å². The third kappa shape index (κ3) is 5.12. The number of nitrogens with zero attached hydrogens (tertiary/aromatic N) is 3. The van der Waals surface area contributed by atoms with Crippen molar-refractivity contribution in [1.29, 1.82) is 0 Å². The van der Waals surface area contributed by atoms with Gasteiger partial charge in [-0.1, -0.05) is 27.7 Å². The van der Waals surface area contributed by atoms with E-state index < -0.39 is 0 Å². The zero-order valence-electron chi connectivity index (χ0n) is 18.5. The molecule has 174 valence electrons. The van der Waals surface area contributed by atoms with Crippen molar-refractivity contribution in [2.24, 2.45) is 11.8 Å². The summed E-state index contributed by atoms with van der Waals surface area (Å²) in [5.74, 6) is -0.879. The van der Waals surface area contributed by atoms with Gasteiger partial charge in [0, 0.05) is 16.1 Å². The number of carbonyl (C=O) groups is 3. The van der Waals surface area contributed by atoms with Gasteiger partial charge in [-0.2, -0.15) is 0 Å². The van der Waals surface area contributed by atoms with Crippen LogP contribution in [0.4, 0.5) is 0 Å². The molecule has 0 saturated carbocycles. The lowest BCUT2D eigenvalue weighted by Crippen LogP contribution is -2.33. The second-order valence-electron chi connectivity index (χ2n) is 8.34. The van der Waals surface area contributed by atoms with E-state index in [9.17, 15) is 14.4 Å². The number of rotatable bonds is 2. The Morgan fingerprint density at radius 3 is 1.70 bits per heavy atom. The Hall–Kier alpha value is -2.70. The molecule has 33 heavy (non-hydrogen) atoms. The molecule has 0 spiro atoms. The smallest absolute Gasteiger partial charge is 0.271 e. The van der Waals surface area contributed by atoms with Crippen LogP contribution in [-0.2, 0) is 6.54 Å². The van der Waals surface area contributed by atoms with Crippen LogP contribution in [0.25, 0.3) is 0 Å². The van der Waals surface area contributed by atoms with Crippen LogP contribution >= 0.6 is 34.0 Å². The molecule has 0 radical (unpaired) electrons. The molecule has 0 saturated heterocycles. The first-order valence-corrected chi connectivity index (χ1v) is 13.1. The van der Waals surface area contributed by atoms with Gasteiger partial charge in [0.15, 0.2) is 0 Å². The zero-order valence-corrected chi connectivity index (χ0v) is 21.0. The highest BCUT2D eigenvalue weighted by Crippen LogP contribution is 2.28. The first kappa shape index (κ1) is 23.5. The molecule has 4 rings (SSSR count). The number of carbonyl (C=O) groups excluding carboxylic acids is 3. The van der Waals surface area contributed by atoms with Gasteiger partial charge in [-0.3, -0.25) is 14.4 Å². The minimum Gasteiger partial charge on any atom is -0.344 e. The normalized spacial score (nSPS) is 19.6. The van der Waals surface area contributed by atoms with Crippen molar-refractivity contribution >= 4 is 51.7 Å². The Bertz CT molecular complexity index is 1180. The Kier molecular flexibility index (Phi) is 6.86. The van der Waals surface area contributed by atoms with Crippen molar-refractivity contribution < 1.29 is 14.4 Å². The SMILES string of the molecule is CC(C)[C@H]1NC(=O)c2csc(n2)[C@@H](C(C)C)NC(=O)c2csc(n2)CNC(=O)c2csc1n2. The maximum Gasteiger partial charge on any atom is 0.271 e. The molecule has 3 N–H and O–H groups in total. The van der Waals surface area contributed by atoms with Crippen LogP contribution < -0.4 is 16.0 Å². The van der Waals surface area contributed by atoms with E-state index in [1.807, 2.05) is 27.7 Å². The molecular formula is C21H24N6O3S3. The Morgan fingerprint density at radius 2 is 1.18 bits per heavy atom. The van der Waals surface area contributed by atoms with E-state index in [0.29, 0.717) is 15.0 Å². The summed E-state index contributed by atoms with van der Waals surface area (Å²) < 4.78 is 0. The van der Waals surface area contributed by atoms with Gasteiger partial charge in [-0.05, 0) is 11.8 Å². The number of hydrogen-bond donors (Lipinski definition) is 3. The second kappa shape index (κ2) is 9.65. The van der Waals surface area contributed by atoms with Crippen molar-refractivity contribution in [3.63, 3.8) is 0 Å². The molecule has 0 unspecified atom stereocenters. The topological polar surface area (TPSA) is 126 Å². The van der Waals surface area contributed by atoms with Crippen LogP contribution in [0.15, 0.2) is 16.1 Å². The minimum absolute atomic E-state index is 0.0520. The van der Waals surface area contributed by atoms with Crippen LogP contribution in [0.1, 0.15) is 86.3 Å². The molecule has 4 heterocycles. The van der Waals surface area contributed by atoms with E-state index in [0.717, 1.165) is 0 Å². The van der Waals surface area contributed by atoms with Crippen LogP contribution in [-0.4, -0.2) is 32.7 Å². The zero-order chi connectivity index (χ0) is 23.7. The average molecular weight is 505 g/mol. The Morgan fingerprint density at radius 1 is 0.727 bits per heavy atom. The molecule has 12 heteroatoms. The van der Waals surface area contributed by atoms with Crippen molar-refractivity contribution in [3.05, 3.63) is 48.2 Å². The van der Waals surface area contributed by atoms with E-state index in [1.165, 1.54) is 34.0 Å². The molecule has 3 aromatic rings. The molecule has 2 atom stereocenters. The fourth-order valence-corrected chi connectivity index (χ4v) is 6.03. The molecule has 0 aliphatic carbocycles. The molecule has 1 aliphatic heterocycles.